The lowest BCUT2D eigenvalue weighted by atomic mass is 9.97. The molecule has 2 aromatic rings. The van der Waals surface area contributed by atoms with Gasteiger partial charge in [-0.25, -0.2) is 4.98 Å². The summed E-state index contributed by atoms with van der Waals surface area (Å²) in [5, 5.41) is 0. The van der Waals surface area contributed by atoms with E-state index in [-0.39, 0.29) is 0 Å². The summed E-state index contributed by atoms with van der Waals surface area (Å²) in [5.41, 5.74) is 11.9. The van der Waals surface area contributed by atoms with Crippen LogP contribution >= 0.6 is 0 Å². The Morgan fingerprint density at radius 2 is 1.59 bits per heavy atom. The minimum atomic E-state index is 0.734. The third-order valence-corrected chi connectivity index (χ3v) is 3.28. The van der Waals surface area contributed by atoms with Gasteiger partial charge in [0.1, 0.15) is 17.3 Å². The molecule has 90 valence electrons. The van der Waals surface area contributed by atoms with Crippen molar-refractivity contribution >= 4 is 5.82 Å². The van der Waals surface area contributed by atoms with E-state index < -0.39 is 0 Å². The molecule has 0 saturated carbocycles. The Morgan fingerprint density at radius 1 is 1.06 bits per heavy atom. The molecular formula is C14H19N3. The van der Waals surface area contributed by atoms with Gasteiger partial charge in [0.15, 0.2) is 0 Å². The Balaban J connectivity index is 2.73. The molecule has 2 N–H and O–H groups in total. The van der Waals surface area contributed by atoms with Gasteiger partial charge in [-0.3, -0.25) is 0 Å². The SMILES string of the molecule is Cc1cc(C)c(-c2nc(C)n(C)c2N)c(C)c1. The highest BCUT2D eigenvalue weighted by molar-refractivity contribution is 5.76. The fourth-order valence-electron chi connectivity index (χ4n) is 2.36. The summed E-state index contributed by atoms with van der Waals surface area (Å²) in [6.07, 6.45) is 0. The van der Waals surface area contributed by atoms with Crippen molar-refractivity contribution in [1.29, 1.82) is 0 Å². The van der Waals surface area contributed by atoms with E-state index >= 15 is 0 Å². The lowest BCUT2D eigenvalue weighted by molar-refractivity contribution is 0.868. The Morgan fingerprint density at radius 3 is 2.00 bits per heavy atom. The second kappa shape index (κ2) is 3.91. The number of aryl methyl sites for hydroxylation is 4. The zero-order chi connectivity index (χ0) is 12.7. The molecule has 0 aliphatic heterocycles. The molecule has 0 aliphatic rings. The molecule has 1 aromatic carbocycles. The summed E-state index contributed by atoms with van der Waals surface area (Å²) in [6.45, 7) is 8.30. The Bertz CT molecular complexity index is 556. The van der Waals surface area contributed by atoms with E-state index in [4.69, 9.17) is 5.73 Å². The average molecular weight is 229 g/mol. The highest BCUT2D eigenvalue weighted by Gasteiger charge is 2.15. The fourth-order valence-corrected chi connectivity index (χ4v) is 2.36. The van der Waals surface area contributed by atoms with Crippen LogP contribution in [0.5, 0.6) is 0 Å². The number of nitrogens with two attached hydrogens (primary N) is 1. The number of hydrogen-bond donors (Lipinski definition) is 1. The lowest BCUT2D eigenvalue weighted by Crippen LogP contribution is -1.99. The molecule has 0 bridgehead atoms. The third-order valence-electron chi connectivity index (χ3n) is 3.28. The zero-order valence-corrected chi connectivity index (χ0v) is 11.1. The van der Waals surface area contributed by atoms with E-state index in [1.165, 1.54) is 16.7 Å². The normalized spacial score (nSPS) is 10.9. The topological polar surface area (TPSA) is 43.8 Å². The Labute approximate surface area is 102 Å². The molecule has 0 fully saturated rings. The highest BCUT2D eigenvalue weighted by atomic mass is 15.1. The maximum atomic E-state index is 6.11. The van der Waals surface area contributed by atoms with Gasteiger partial charge in [0.2, 0.25) is 0 Å². The van der Waals surface area contributed by atoms with Gasteiger partial charge in [-0.15, -0.1) is 0 Å². The zero-order valence-electron chi connectivity index (χ0n) is 11.1. The summed E-state index contributed by atoms with van der Waals surface area (Å²) in [5.74, 6) is 1.68. The van der Waals surface area contributed by atoms with Crippen LogP contribution in [-0.4, -0.2) is 9.55 Å². The smallest absolute Gasteiger partial charge is 0.131 e. The van der Waals surface area contributed by atoms with Crippen LogP contribution in [0.2, 0.25) is 0 Å². The van der Waals surface area contributed by atoms with E-state index in [0.717, 1.165) is 22.9 Å². The van der Waals surface area contributed by atoms with Gasteiger partial charge < -0.3 is 10.3 Å². The number of imidazole rings is 1. The van der Waals surface area contributed by atoms with Crippen molar-refractivity contribution in [3.8, 4) is 11.3 Å². The van der Waals surface area contributed by atoms with E-state index in [1.54, 1.807) is 0 Å². The van der Waals surface area contributed by atoms with E-state index in [0.29, 0.717) is 0 Å². The number of benzene rings is 1. The maximum absolute atomic E-state index is 6.11. The molecule has 0 atom stereocenters. The Hall–Kier alpha value is -1.77. The van der Waals surface area contributed by atoms with Gasteiger partial charge in [0.05, 0.1) is 0 Å². The highest BCUT2D eigenvalue weighted by Crippen LogP contribution is 2.31. The molecule has 1 heterocycles. The van der Waals surface area contributed by atoms with Crippen molar-refractivity contribution in [2.75, 3.05) is 5.73 Å². The monoisotopic (exact) mass is 229 g/mol. The quantitative estimate of drug-likeness (QED) is 0.817. The first-order valence-electron chi connectivity index (χ1n) is 5.79. The standard InChI is InChI=1S/C14H19N3/c1-8-6-9(2)12(10(3)7-8)13-14(15)17(5)11(4)16-13/h6-7H,15H2,1-5H3. The van der Waals surface area contributed by atoms with Crippen LogP contribution in [0.3, 0.4) is 0 Å². The second-order valence-electron chi connectivity index (χ2n) is 4.73. The number of nitrogen functional groups attached to an aromatic ring is 1. The molecule has 3 heteroatoms. The van der Waals surface area contributed by atoms with Crippen LogP contribution in [0.1, 0.15) is 22.5 Å². The maximum Gasteiger partial charge on any atom is 0.131 e. The number of aromatic nitrogens is 2. The molecule has 0 amide bonds. The molecule has 17 heavy (non-hydrogen) atoms. The number of anilines is 1. The first kappa shape index (κ1) is 11.7. The molecule has 1 aromatic heterocycles. The first-order chi connectivity index (χ1) is 7.91. The van der Waals surface area contributed by atoms with Gasteiger partial charge in [0, 0.05) is 12.6 Å². The second-order valence-corrected chi connectivity index (χ2v) is 4.73. The van der Waals surface area contributed by atoms with Crippen LogP contribution in [-0.2, 0) is 7.05 Å². The van der Waals surface area contributed by atoms with Crippen molar-refractivity contribution in [2.45, 2.75) is 27.7 Å². The molecule has 0 spiro atoms. The molecule has 0 saturated heterocycles. The van der Waals surface area contributed by atoms with Gasteiger partial charge >= 0.3 is 0 Å². The van der Waals surface area contributed by atoms with Gasteiger partial charge in [-0.1, -0.05) is 17.7 Å². The summed E-state index contributed by atoms with van der Waals surface area (Å²) in [6, 6.07) is 4.34. The lowest BCUT2D eigenvalue weighted by Gasteiger charge is -2.10. The fraction of sp³-hybridized carbons (Fsp3) is 0.357. The van der Waals surface area contributed by atoms with Crippen molar-refractivity contribution in [1.82, 2.24) is 9.55 Å². The summed E-state index contributed by atoms with van der Waals surface area (Å²) in [4.78, 5) is 4.57. The summed E-state index contributed by atoms with van der Waals surface area (Å²) in [7, 11) is 1.94. The number of hydrogen-bond acceptors (Lipinski definition) is 2. The van der Waals surface area contributed by atoms with Crippen molar-refractivity contribution in [3.63, 3.8) is 0 Å². The van der Waals surface area contributed by atoms with Gasteiger partial charge in [-0.2, -0.15) is 0 Å². The van der Waals surface area contributed by atoms with Gasteiger partial charge in [0.25, 0.3) is 0 Å². The third kappa shape index (κ3) is 1.82. The van der Waals surface area contributed by atoms with Crippen molar-refractivity contribution in [2.24, 2.45) is 7.05 Å². The summed E-state index contributed by atoms with van der Waals surface area (Å²) < 4.78 is 1.92. The molecule has 0 radical (unpaired) electrons. The minimum Gasteiger partial charge on any atom is -0.383 e. The molecule has 0 aliphatic carbocycles. The van der Waals surface area contributed by atoms with Crippen molar-refractivity contribution in [3.05, 3.63) is 34.6 Å². The number of rotatable bonds is 1. The largest absolute Gasteiger partial charge is 0.383 e. The van der Waals surface area contributed by atoms with Crippen molar-refractivity contribution < 1.29 is 0 Å². The van der Waals surface area contributed by atoms with Crippen LogP contribution in [0.25, 0.3) is 11.3 Å². The van der Waals surface area contributed by atoms with Crippen LogP contribution in [0.15, 0.2) is 12.1 Å². The molecule has 2 rings (SSSR count). The molecule has 0 unspecified atom stereocenters. The van der Waals surface area contributed by atoms with Crippen LogP contribution < -0.4 is 5.73 Å². The van der Waals surface area contributed by atoms with E-state index in [2.05, 4.69) is 37.9 Å². The predicted octanol–water partition coefficient (Wildman–Crippen LogP) is 2.90. The van der Waals surface area contributed by atoms with E-state index in [1.807, 2.05) is 18.5 Å². The predicted molar refractivity (Wildman–Crippen MR) is 72.0 cm³/mol. The van der Waals surface area contributed by atoms with Crippen LogP contribution in [0.4, 0.5) is 5.82 Å². The van der Waals surface area contributed by atoms with Gasteiger partial charge in [-0.05, 0) is 38.8 Å². The first-order valence-corrected chi connectivity index (χ1v) is 5.79. The van der Waals surface area contributed by atoms with E-state index in [9.17, 15) is 0 Å². The Kier molecular flexibility index (Phi) is 2.69. The molecule has 3 nitrogen and oxygen atoms in total. The summed E-state index contributed by atoms with van der Waals surface area (Å²) >= 11 is 0. The minimum absolute atomic E-state index is 0.734. The average Bonchev–Trinajstić information content (AvgIpc) is 2.45. The molecular weight excluding hydrogens is 210 g/mol. The number of nitrogens with zero attached hydrogens (tertiary/aromatic N) is 2. The van der Waals surface area contributed by atoms with Crippen LogP contribution in [0, 0.1) is 27.7 Å².